The van der Waals surface area contributed by atoms with Gasteiger partial charge in [-0.1, -0.05) is 44.5 Å². The van der Waals surface area contributed by atoms with Crippen LogP contribution < -0.4 is 5.32 Å². The maximum atomic E-state index is 12.8. The minimum atomic E-state index is -3.86. The first-order chi connectivity index (χ1) is 14.6. The Hall–Kier alpha value is -2.42. The van der Waals surface area contributed by atoms with Gasteiger partial charge in [0.25, 0.3) is 5.91 Å². The van der Waals surface area contributed by atoms with Crippen molar-refractivity contribution in [2.24, 2.45) is 0 Å². The molecule has 0 radical (unpaired) electrons. The predicted molar refractivity (Wildman–Crippen MR) is 121 cm³/mol. The molecule has 0 aliphatic carbocycles. The van der Waals surface area contributed by atoms with Gasteiger partial charge < -0.3 is 10.1 Å². The molecule has 7 nitrogen and oxygen atoms in total. The molecule has 0 spiro atoms. The highest BCUT2D eigenvalue weighted by atomic mass is 35.5. The second-order valence-corrected chi connectivity index (χ2v) is 9.14. The number of nitrogens with one attached hydrogen (secondary N) is 1. The second kappa shape index (κ2) is 10.7. The molecular weight excluding hydrogens is 440 g/mol. The third-order valence-corrected chi connectivity index (χ3v) is 7.30. The van der Waals surface area contributed by atoms with Gasteiger partial charge in [-0.15, -0.1) is 0 Å². The second-order valence-electron chi connectivity index (χ2n) is 6.82. The zero-order valence-electron chi connectivity index (χ0n) is 18.0. The molecule has 2 rings (SSSR count). The van der Waals surface area contributed by atoms with Crippen LogP contribution in [0.1, 0.15) is 43.6 Å². The Morgan fingerprint density at radius 3 is 2.23 bits per heavy atom. The highest BCUT2D eigenvalue weighted by molar-refractivity contribution is 7.89. The largest absolute Gasteiger partial charge is 0.449 e. The van der Waals surface area contributed by atoms with Crippen molar-refractivity contribution >= 4 is 39.2 Å². The van der Waals surface area contributed by atoms with Crippen LogP contribution >= 0.6 is 11.6 Å². The van der Waals surface area contributed by atoms with E-state index in [9.17, 15) is 18.0 Å². The minimum absolute atomic E-state index is 0.00441. The molecule has 9 heteroatoms. The summed E-state index contributed by atoms with van der Waals surface area (Å²) in [6, 6.07) is 11.2. The highest BCUT2D eigenvalue weighted by Gasteiger charge is 2.27. The summed E-state index contributed by atoms with van der Waals surface area (Å²) in [4.78, 5) is 24.7. The number of anilines is 1. The number of hydrogen-bond donors (Lipinski definition) is 1. The van der Waals surface area contributed by atoms with E-state index in [1.165, 1.54) is 29.4 Å². The molecule has 0 bridgehead atoms. The number of esters is 1. The summed E-state index contributed by atoms with van der Waals surface area (Å²) in [6.45, 7) is 7.43. The van der Waals surface area contributed by atoms with E-state index in [4.69, 9.17) is 16.3 Å². The van der Waals surface area contributed by atoms with E-state index >= 15 is 0 Å². The van der Waals surface area contributed by atoms with Crippen molar-refractivity contribution in [3.8, 4) is 0 Å². The van der Waals surface area contributed by atoms with E-state index in [0.717, 1.165) is 12.0 Å². The van der Waals surface area contributed by atoms with Gasteiger partial charge in [0.05, 0.1) is 10.6 Å². The summed E-state index contributed by atoms with van der Waals surface area (Å²) in [5, 5.41) is 2.69. The summed E-state index contributed by atoms with van der Waals surface area (Å²) < 4.78 is 32.1. The molecule has 0 saturated heterocycles. The molecule has 0 heterocycles. The number of rotatable bonds is 9. The van der Waals surface area contributed by atoms with Crippen molar-refractivity contribution in [3.05, 3.63) is 58.6 Å². The molecular formula is C22H27ClN2O5S. The van der Waals surface area contributed by atoms with Crippen LogP contribution in [0.3, 0.4) is 0 Å². The lowest BCUT2D eigenvalue weighted by atomic mass is 10.1. The van der Waals surface area contributed by atoms with Gasteiger partial charge in [0.2, 0.25) is 10.0 Å². The molecule has 1 N–H and O–H groups in total. The Labute approximate surface area is 188 Å². The number of benzene rings is 2. The van der Waals surface area contributed by atoms with E-state index in [1.807, 2.05) is 19.1 Å². The molecule has 31 heavy (non-hydrogen) atoms. The quantitative estimate of drug-likeness (QED) is 0.561. The van der Waals surface area contributed by atoms with Crippen LogP contribution in [-0.4, -0.2) is 43.8 Å². The topological polar surface area (TPSA) is 92.8 Å². The molecule has 1 amide bonds. The highest BCUT2D eigenvalue weighted by Crippen LogP contribution is 2.26. The molecule has 1 atom stereocenters. The average molecular weight is 467 g/mol. The van der Waals surface area contributed by atoms with Gasteiger partial charge in [0, 0.05) is 18.8 Å². The molecule has 1 unspecified atom stereocenters. The Morgan fingerprint density at radius 1 is 1.06 bits per heavy atom. The number of sulfonamides is 1. The van der Waals surface area contributed by atoms with Crippen molar-refractivity contribution in [2.45, 2.75) is 45.1 Å². The third kappa shape index (κ3) is 6.06. The summed E-state index contributed by atoms with van der Waals surface area (Å²) in [7, 11) is -3.86. The zero-order valence-corrected chi connectivity index (χ0v) is 19.6. The van der Waals surface area contributed by atoms with Crippen molar-refractivity contribution in [1.29, 1.82) is 0 Å². The van der Waals surface area contributed by atoms with Crippen molar-refractivity contribution in [2.75, 3.05) is 18.4 Å². The number of halogens is 1. The molecule has 168 valence electrons. The van der Waals surface area contributed by atoms with Gasteiger partial charge in [-0.3, -0.25) is 4.79 Å². The van der Waals surface area contributed by atoms with Crippen molar-refractivity contribution in [3.63, 3.8) is 0 Å². The average Bonchev–Trinajstić information content (AvgIpc) is 2.74. The first-order valence-electron chi connectivity index (χ1n) is 10.0. The standard InChI is InChI=1S/C22H27ClN2O5S/c1-5-16-8-11-18(12-9-16)24-21(26)15(4)30-22(27)17-10-13-19(23)20(14-17)31(28,29)25(6-2)7-3/h8-15H,5-7H2,1-4H3,(H,24,26). The van der Waals surface area contributed by atoms with Gasteiger partial charge in [-0.25, -0.2) is 13.2 Å². The number of hydrogen-bond acceptors (Lipinski definition) is 5. The first kappa shape index (κ1) is 24.8. The maximum Gasteiger partial charge on any atom is 0.338 e. The first-order valence-corrected chi connectivity index (χ1v) is 11.9. The SMILES string of the molecule is CCc1ccc(NC(=O)C(C)OC(=O)c2ccc(Cl)c(S(=O)(=O)N(CC)CC)c2)cc1. The summed E-state index contributed by atoms with van der Waals surface area (Å²) >= 11 is 6.09. The van der Waals surface area contributed by atoms with E-state index in [1.54, 1.807) is 26.0 Å². The summed E-state index contributed by atoms with van der Waals surface area (Å²) in [5.74, 6) is -1.32. The molecule has 0 saturated carbocycles. The number of carbonyl (C=O) groups is 2. The van der Waals surface area contributed by atoms with Crippen LogP contribution in [0.2, 0.25) is 5.02 Å². The number of nitrogens with zero attached hydrogens (tertiary/aromatic N) is 1. The van der Waals surface area contributed by atoms with E-state index in [2.05, 4.69) is 5.32 Å². The van der Waals surface area contributed by atoms with Crippen molar-refractivity contribution < 1.29 is 22.7 Å². The fourth-order valence-electron chi connectivity index (χ4n) is 2.88. The van der Waals surface area contributed by atoms with Gasteiger partial charge in [-0.2, -0.15) is 4.31 Å². The molecule has 0 fully saturated rings. The molecule has 2 aromatic carbocycles. The maximum absolute atomic E-state index is 12.8. The van der Waals surface area contributed by atoms with E-state index in [0.29, 0.717) is 5.69 Å². The minimum Gasteiger partial charge on any atom is -0.449 e. The lowest BCUT2D eigenvalue weighted by Crippen LogP contribution is -2.31. The molecule has 0 aliphatic rings. The monoisotopic (exact) mass is 466 g/mol. The summed E-state index contributed by atoms with van der Waals surface area (Å²) in [6.07, 6.45) is -0.202. The van der Waals surface area contributed by atoms with E-state index < -0.39 is 28.0 Å². The Balaban J connectivity index is 2.14. The molecule has 0 aromatic heterocycles. The van der Waals surface area contributed by atoms with Crippen LogP contribution in [0, 0.1) is 0 Å². The number of carbonyl (C=O) groups excluding carboxylic acids is 2. The van der Waals surface area contributed by atoms with Crippen LogP contribution in [0.5, 0.6) is 0 Å². The third-order valence-electron chi connectivity index (χ3n) is 4.77. The zero-order chi connectivity index (χ0) is 23.2. The summed E-state index contributed by atoms with van der Waals surface area (Å²) in [5.41, 5.74) is 1.71. The smallest absolute Gasteiger partial charge is 0.338 e. The number of amides is 1. The fraction of sp³-hybridized carbons (Fsp3) is 0.364. The molecule has 2 aromatic rings. The predicted octanol–water partition coefficient (Wildman–Crippen LogP) is 4.12. The van der Waals surface area contributed by atoms with Crippen LogP contribution in [0.25, 0.3) is 0 Å². The van der Waals surface area contributed by atoms with Crippen LogP contribution in [0.15, 0.2) is 47.4 Å². The van der Waals surface area contributed by atoms with Gasteiger partial charge in [0.1, 0.15) is 4.90 Å². The van der Waals surface area contributed by atoms with Gasteiger partial charge >= 0.3 is 5.97 Å². The van der Waals surface area contributed by atoms with Crippen LogP contribution in [0.4, 0.5) is 5.69 Å². The normalized spacial score (nSPS) is 12.5. The Bertz CT molecular complexity index is 1030. The van der Waals surface area contributed by atoms with Crippen LogP contribution in [-0.2, 0) is 26.0 Å². The van der Waals surface area contributed by atoms with Gasteiger partial charge in [0.15, 0.2) is 6.10 Å². The lowest BCUT2D eigenvalue weighted by Gasteiger charge is -2.20. The van der Waals surface area contributed by atoms with Gasteiger partial charge in [-0.05, 0) is 49.2 Å². The number of ether oxygens (including phenoxy) is 1. The number of aryl methyl sites for hydroxylation is 1. The molecule has 0 aliphatic heterocycles. The lowest BCUT2D eigenvalue weighted by molar-refractivity contribution is -0.123. The fourth-order valence-corrected chi connectivity index (χ4v) is 4.84. The Kier molecular flexibility index (Phi) is 8.61. The Morgan fingerprint density at radius 2 is 1.68 bits per heavy atom. The van der Waals surface area contributed by atoms with Crippen molar-refractivity contribution in [1.82, 2.24) is 4.31 Å². The van der Waals surface area contributed by atoms with E-state index in [-0.39, 0.29) is 28.6 Å².